The Kier molecular flexibility index (Phi) is 10.0. The van der Waals surface area contributed by atoms with Gasteiger partial charge in [0.15, 0.2) is 11.5 Å². The van der Waals surface area contributed by atoms with Crippen molar-refractivity contribution in [3.63, 3.8) is 0 Å². The van der Waals surface area contributed by atoms with Crippen LogP contribution in [0.2, 0.25) is 15.1 Å². The highest BCUT2D eigenvalue weighted by molar-refractivity contribution is 6.36. The van der Waals surface area contributed by atoms with Gasteiger partial charge >= 0.3 is 5.97 Å². The summed E-state index contributed by atoms with van der Waals surface area (Å²) in [6.45, 7) is 2.52. The number of nitrogens with one attached hydrogen (secondary N) is 1. The van der Waals surface area contributed by atoms with Crippen LogP contribution in [0.5, 0.6) is 17.2 Å². The zero-order valence-electron chi connectivity index (χ0n) is 21.2. The lowest BCUT2D eigenvalue weighted by molar-refractivity contribution is 0.0728. The van der Waals surface area contributed by atoms with Crippen LogP contribution >= 0.6 is 34.8 Å². The molecule has 0 fully saturated rings. The van der Waals surface area contributed by atoms with Crippen LogP contribution in [0.25, 0.3) is 0 Å². The monoisotopic (exact) mass is 596 g/mol. The first kappa shape index (κ1) is 29.0. The van der Waals surface area contributed by atoms with Crippen molar-refractivity contribution in [2.24, 2.45) is 5.10 Å². The number of benzene rings is 4. The summed E-state index contributed by atoms with van der Waals surface area (Å²) in [6, 6.07) is 23.4. The molecule has 0 atom stereocenters. The van der Waals surface area contributed by atoms with Crippen LogP contribution in [0.3, 0.4) is 0 Å². The van der Waals surface area contributed by atoms with Gasteiger partial charge in [0.05, 0.1) is 23.4 Å². The first-order valence-electron chi connectivity index (χ1n) is 12.1. The highest BCUT2D eigenvalue weighted by atomic mass is 35.5. The number of hydrogen-bond acceptors (Lipinski definition) is 6. The van der Waals surface area contributed by atoms with Gasteiger partial charge in [-0.3, -0.25) is 4.79 Å². The first-order valence-corrected chi connectivity index (χ1v) is 13.2. The van der Waals surface area contributed by atoms with Crippen molar-refractivity contribution in [2.75, 3.05) is 6.61 Å². The van der Waals surface area contributed by atoms with Crippen LogP contribution in [0.4, 0.5) is 0 Å². The van der Waals surface area contributed by atoms with E-state index in [1.807, 2.05) is 12.1 Å². The Morgan fingerprint density at radius 1 is 0.825 bits per heavy atom. The fraction of sp³-hybridized carbons (Fsp3) is 0.100. The zero-order valence-corrected chi connectivity index (χ0v) is 23.5. The van der Waals surface area contributed by atoms with Crippen molar-refractivity contribution in [1.82, 2.24) is 5.43 Å². The number of rotatable bonds is 10. The third kappa shape index (κ3) is 7.99. The number of ether oxygens (including phenoxy) is 3. The van der Waals surface area contributed by atoms with Gasteiger partial charge in [-0.2, -0.15) is 5.10 Å². The number of amides is 1. The standard InChI is InChI=1S/C30H23Cl3N2O5/c1-2-38-28-15-20(5-14-27(28)40-30(37)25-13-10-23(32)16-26(25)33)17-34-35-29(36)21-6-11-24(12-7-21)39-18-19-3-8-22(31)9-4-19/h3-17H,2,18H2,1H3,(H,35,36)/b34-17-. The molecule has 0 aromatic heterocycles. The van der Waals surface area contributed by atoms with Crippen molar-refractivity contribution in [1.29, 1.82) is 0 Å². The Morgan fingerprint density at radius 2 is 1.55 bits per heavy atom. The fourth-order valence-corrected chi connectivity index (χ4v) is 4.06. The van der Waals surface area contributed by atoms with Gasteiger partial charge in [-0.05, 0) is 90.8 Å². The summed E-state index contributed by atoms with van der Waals surface area (Å²) in [6.07, 6.45) is 1.45. The van der Waals surface area contributed by atoms with Crippen molar-refractivity contribution >= 4 is 52.9 Å². The molecule has 1 amide bonds. The van der Waals surface area contributed by atoms with Crippen LogP contribution in [-0.2, 0) is 6.61 Å². The average molecular weight is 598 g/mol. The third-order valence-corrected chi connectivity index (χ3v) is 6.24. The number of halogens is 3. The van der Waals surface area contributed by atoms with Crippen LogP contribution in [0.1, 0.15) is 38.8 Å². The molecule has 0 unspecified atom stereocenters. The summed E-state index contributed by atoms with van der Waals surface area (Å²) >= 11 is 17.9. The van der Waals surface area contributed by atoms with Gasteiger partial charge < -0.3 is 14.2 Å². The second-order valence-electron chi connectivity index (χ2n) is 8.29. The Bertz CT molecular complexity index is 1520. The largest absolute Gasteiger partial charge is 0.490 e. The first-order chi connectivity index (χ1) is 19.3. The summed E-state index contributed by atoms with van der Waals surface area (Å²) in [5, 5.41) is 5.27. The maximum atomic E-state index is 12.6. The van der Waals surface area contributed by atoms with Gasteiger partial charge in [0, 0.05) is 15.6 Å². The molecule has 0 heterocycles. The van der Waals surface area contributed by atoms with E-state index in [-0.39, 0.29) is 16.3 Å². The maximum absolute atomic E-state index is 12.6. The Hall–Kier alpha value is -4.04. The molecule has 204 valence electrons. The molecule has 0 aliphatic rings. The van der Waals surface area contributed by atoms with E-state index in [1.54, 1.807) is 67.6 Å². The van der Waals surface area contributed by atoms with E-state index >= 15 is 0 Å². The molecule has 1 N–H and O–H groups in total. The molecule has 0 radical (unpaired) electrons. The molecule has 0 aliphatic carbocycles. The Labute approximate surface area is 246 Å². The normalized spacial score (nSPS) is 10.8. The molecule has 0 saturated heterocycles. The van der Waals surface area contributed by atoms with Gasteiger partial charge in [-0.15, -0.1) is 0 Å². The summed E-state index contributed by atoms with van der Waals surface area (Å²) in [5.41, 5.74) is 4.65. The third-order valence-electron chi connectivity index (χ3n) is 5.44. The predicted octanol–water partition coefficient (Wildman–Crippen LogP) is 7.61. The van der Waals surface area contributed by atoms with Gasteiger partial charge in [0.2, 0.25) is 0 Å². The predicted molar refractivity (Wildman–Crippen MR) is 156 cm³/mol. The zero-order chi connectivity index (χ0) is 28.5. The summed E-state index contributed by atoms with van der Waals surface area (Å²) in [4.78, 5) is 25.1. The number of hydrazone groups is 1. The van der Waals surface area contributed by atoms with Gasteiger partial charge in [-0.1, -0.05) is 46.9 Å². The van der Waals surface area contributed by atoms with Crippen LogP contribution in [0, 0.1) is 0 Å². The van der Waals surface area contributed by atoms with Gasteiger partial charge in [-0.25, -0.2) is 10.2 Å². The van der Waals surface area contributed by atoms with Crippen molar-refractivity contribution in [3.8, 4) is 17.2 Å². The molecule has 4 rings (SSSR count). The fourth-order valence-electron chi connectivity index (χ4n) is 3.45. The average Bonchev–Trinajstić information content (AvgIpc) is 2.94. The molecule has 0 saturated carbocycles. The van der Waals surface area contributed by atoms with E-state index in [2.05, 4.69) is 10.5 Å². The number of carbonyl (C=O) groups is 2. The minimum Gasteiger partial charge on any atom is -0.490 e. The number of carbonyl (C=O) groups excluding carboxylic acids is 2. The molecule has 10 heteroatoms. The number of nitrogens with zero attached hydrogens (tertiary/aromatic N) is 1. The number of hydrogen-bond donors (Lipinski definition) is 1. The minimum atomic E-state index is -0.655. The second kappa shape index (κ2) is 13.8. The number of esters is 1. The van der Waals surface area contributed by atoms with E-state index < -0.39 is 11.9 Å². The molecule has 4 aromatic carbocycles. The summed E-state index contributed by atoms with van der Waals surface area (Å²) in [7, 11) is 0. The molecular weight excluding hydrogens is 575 g/mol. The molecular formula is C30H23Cl3N2O5. The molecule has 4 aromatic rings. The van der Waals surface area contributed by atoms with Gasteiger partial charge in [0.1, 0.15) is 12.4 Å². The topological polar surface area (TPSA) is 86.2 Å². The molecule has 0 aliphatic heterocycles. The van der Waals surface area contributed by atoms with E-state index in [4.69, 9.17) is 49.0 Å². The van der Waals surface area contributed by atoms with Crippen LogP contribution < -0.4 is 19.6 Å². The van der Waals surface area contributed by atoms with Crippen molar-refractivity contribution in [2.45, 2.75) is 13.5 Å². The van der Waals surface area contributed by atoms with Crippen LogP contribution in [0.15, 0.2) is 90.0 Å². The van der Waals surface area contributed by atoms with Crippen LogP contribution in [-0.4, -0.2) is 24.7 Å². The molecule has 40 heavy (non-hydrogen) atoms. The maximum Gasteiger partial charge on any atom is 0.345 e. The highest BCUT2D eigenvalue weighted by Crippen LogP contribution is 2.30. The molecule has 0 bridgehead atoms. The highest BCUT2D eigenvalue weighted by Gasteiger charge is 2.16. The quantitative estimate of drug-likeness (QED) is 0.0880. The van der Waals surface area contributed by atoms with Crippen molar-refractivity contribution < 1.29 is 23.8 Å². The van der Waals surface area contributed by atoms with E-state index in [0.717, 1.165) is 5.56 Å². The molecule has 7 nitrogen and oxygen atoms in total. The lowest BCUT2D eigenvalue weighted by Crippen LogP contribution is -2.17. The van der Waals surface area contributed by atoms with E-state index in [1.165, 1.54) is 18.3 Å². The minimum absolute atomic E-state index is 0.169. The smallest absolute Gasteiger partial charge is 0.345 e. The van der Waals surface area contributed by atoms with Crippen molar-refractivity contribution in [3.05, 3.63) is 122 Å². The lowest BCUT2D eigenvalue weighted by Gasteiger charge is -2.12. The SMILES string of the molecule is CCOc1cc(/C=N\NC(=O)c2ccc(OCc3ccc(Cl)cc3)cc2)ccc1OC(=O)c1ccc(Cl)cc1Cl. The lowest BCUT2D eigenvalue weighted by atomic mass is 10.2. The summed E-state index contributed by atoms with van der Waals surface area (Å²) < 4.78 is 16.9. The Morgan fingerprint density at radius 3 is 2.25 bits per heavy atom. The summed E-state index contributed by atoms with van der Waals surface area (Å²) in [5.74, 6) is 0.106. The second-order valence-corrected chi connectivity index (χ2v) is 9.57. The Balaban J connectivity index is 1.35. The van der Waals surface area contributed by atoms with E-state index in [0.29, 0.717) is 45.9 Å². The molecule has 0 spiro atoms. The van der Waals surface area contributed by atoms with E-state index in [9.17, 15) is 9.59 Å². The van der Waals surface area contributed by atoms with Gasteiger partial charge in [0.25, 0.3) is 5.91 Å².